The van der Waals surface area contributed by atoms with Crippen molar-refractivity contribution in [2.45, 2.75) is 39.7 Å². The number of nitrogens with zero attached hydrogens (tertiary/aromatic N) is 1. The summed E-state index contributed by atoms with van der Waals surface area (Å²) >= 11 is 0. The highest BCUT2D eigenvalue weighted by atomic mass is 16.2. The van der Waals surface area contributed by atoms with Gasteiger partial charge >= 0.3 is 0 Å². The highest BCUT2D eigenvalue weighted by Gasteiger charge is 2.34. The minimum absolute atomic E-state index is 0.0188. The van der Waals surface area contributed by atoms with Crippen molar-refractivity contribution in [1.82, 2.24) is 15.6 Å². The Balaban J connectivity index is 1.90. The first-order valence-corrected chi connectivity index (χ1v) is 8.88. The lowest BCUT2D eigenvalue weighted by molar-refractivity contribution is -0.143. The predicted octanol–water partition coefficient (Wildman–Crippen LogP) is 1.02. The number of Topliss-reactive ketones (excluding diaryl/α,β-unsaturated/α-hetero) is 2. The lowest BCUT2D eigenvalue weighted by atomic mass is 9.81. The van der Waals surface area contributed by atoms with Gasteiger partial charge in [0.2, 0.25) is 11.7 Å². The van der Waals surface area contributed by atoms with Crippen LogP contribution in [0.2, 0.25) is 0 Å². The van der Waals surface area contributed by atoms with Crippen LogP contribution in [0.4, 0.5) is 0 Å². The van der Waals surface area contributed by atoms with Crippen molar-refractivity contribution in [3.05, 3.63) is 30.1 Å². The van der Waals surface area contributed by atoms with Crippen LogP contribution < -0.4 is 10.6 Å². The maximum Gasteiger partial charge on any atom is 0.287 e. The zero-order valence-electron chi connectivity index (χ0n) is 15.2. The number of nitrogens with one attached hydrogen (secondary N) is 2. The zero-order valence-corrected chi connectivity index (χ0v) is 15.2. The number of rotatable bonds is 8. The van der Waals surface area contributed by atoms with Gasteiger partial charge in [0.05, 0.1) is 0 Å². The summed E-state index contributed by atoms with van der Waals surface area (Å²) in [5.41, 5.74) is 0.882. The molecule has 140 valence electrons. The molecule has 2 unspecified atom stereocenters. The summed E-state index contributed by atoms with van der Waals surface area (Å²) in [4.78, 5) is 52.2. The molecule has 2 amide bonds. The molecule has 7 nitrogen and oxygen atoms in total. The van der Waals surface area contributed by atoms with Crippen LogP contribution in [0.3, 0.4) is 0 Å². The second-order valence-corrected chi connectivity index (χ2v) is 6.97. The second-order valence-electron chi connectivity index (χ2n) is 6.97. The van der Waals surface area contributed by atoms with Gasteiger partial charge in [-0.2, -0.15) is 0 Å². The van der Waals surface area contributed by atoms with Gasteiger partial charge in [-0.3, -0.25) is 24.2 Å². The minimum atomic E-state index is -0.621. The quantitative estimate of drug-likeness (QED) is 0.674. The van der Waals surface area contributed by atoms with Crippen molar-refractivity contribution in [3.63, 3.8) is 0 Å². The van der Waals surface area contributed by atoms with Crippen molar-refractivity contribution in [1.29, 1.82) is 0 Å². The summed E-state index contributed by atoms with van der Waals surface area (Å²) in [6, 6.07) is 3.65. The number of carbonyl (C=O) groups excluding carboxylic acids is 4. The van der Waals surface area contributed by atoms with E-state index in [1.807, 2.05) is 19.9 Å². The molecule has 0 aliphatic carbocycles. The summed E-state index contributed by atoms with van der Waals surface area (Å²) in [5.74, 6) is -2.58. The van der Waals surface area contributed by atoms with Crippen LogP contribution in [0, 0.1) is 17.8 Å². The highest BCUT2D eigenvalue weighted by molar-refractivity contribution is 6.37. The maximum atomic E-state index is 12.6. The Morgan fingerprint density at radius 3 is 2.77 bits per heavy atom. The molecule has 2 N–H and O–H groups in total. The van der Waals surface area contributed by atoms with E-state index < -0.39 is 23.5 Å². The normalized spacial score (nSPS) is 18.3. The third-order valence-corrected chi connectivity index (χ3v) is 4.66. The van der Waals surface area contributed by atoms with Gasteiger partial charge < -0.3 is 10.6 Å². The predicted molar refractivity (Wildman–Crippen MR) is 94.8 cm³/mol. The topological polar surface area (TPSA) is 105 Å². The number of pyridine rings is 1. The summed E-state index contributed by atoms with van der Waals surface area (Å²) < 4.78 is 0. The molecule has 1 aliphatic rings. The minimum Gasteiger partial charge on any atom is -0.352 e. The highest BCUT2D eigenvalue weighted by Crippen LogP contribution is 2.23. The molecule has 1 aliphatic heterocycles. The molecule has 26 heavy (non-hydrogen) atoms. The third kappa shape index (κ3) is 5.47. The van der Waals surface area contributed by atoms with Crippen molar-refractivity contribution < 1.29 is 19.2 Å². The average molecular weight is 359 g/mol. The van der Waals surface area contributed by atoms with Crippen LogP contribution in [-0.4, -0.2) is 34.9 Å². The van der Waals surface area contributed by atoms with Crippen LogP contribution in [0.1, 0.15) is 38.7 Å². The van der Waals surface area contributed by atoms with Gasteiger partial charge in [0, 0.05) is 50.2 Å². The van der Waals surface area contributed by atoms with Gasteiger partial charge in [-0.1, -0.05) is 19.9 Å². The number of amides is 2. The molecule has 1 aromatic rings. The van der Waals surface area contributed by atoms with Gasteiger partial charge in [0.1, 0.15) is 5.78 Å². The first-order valence-electron chi connectivity index (χ1n) is 8.88. The summed E-state index contributed by atoms with van der Waals surface area (Å²) in [5, 5.41) is 5.28. The van der Waals surface area contributed by atoms with E-state index in [2.05, 4.69) is 15.6 Å². The molecule has 0 spiro atoms. The fraction of sp³-hybridized carbons (Fsp3) is 0.526. The van der Waals surface area contributed by atoms with Crippen molar-refractivity contribution in [2.24, 2.45) is 17.8 Å². The Bertz CT molecular complexity index is 673. The van der Waals surface area contributed by atoms with Gasteiger partial charge in [-0.15, -0.1) is 0 Å². The molecule has 0 bridgehead atoms. The van der Waals surface area contributed by atoms with Gasteiger partial charge in [-0.25, -0.2) is 0 Å². The summed E-state index contributed by atoms with van der Waals surface area (Å²) in [6.07, 6.45) is 3.89. The molecule has 2 rings (SSSR count). The van der Waals surface area contributed by atoms with E-state index in [4.69, 9.17) is 0 Å². The monoisotopic (exact) mass is 359 g/mol. The standard InChI is InChI=1S/C19H25N3O4/c1-12(2)15(9-17(24)22-11-13-4-3-6-20-10-13)16(23)8-14-5-7-21-19(26)18(14)25/h3-4,6,10,12,14-15H,5,7-9,11H2,1-2H3,(H,21,26)(H,22,24). The SMILES string of the molecule is CC(C)C(CC(=O)NCc1cccnc1)C(=O)CC1CCNC(=O)C1=O. The van der Waals surface area contributed by atoms with E-state index in [9.17, 15) is 19.2 Å². The average Bonchev–Trinajstić information content (AvgIpc) is 2.62. The van der Waals surface area contributed by atoms with Crippen LogP contribution >= 0.6 is 0 Å². The van der Waals surface area contributed by atoms with Crippen molar-refractivity contribution in [3.8, 4) is 0 Å². The second kappa shape index (κ2) is 9.22. The lowest BCUT2D eigenvalue weighted by Gasteiger charge is -2.24. The van der Waals surface area contributed by atoms with E-state index in [1.54, 1.807) is 18.5 Å². The largest absolute Gasteiger partial charge is 0.352 e. The van der Waals surface area contributed by atoms with Gasteiger partial charge in [-0.05, 0) is 24.0 Å². The molecule has 1 saturated heterocycles. The van der Waals surface area contributed by atoms with E-state index in [1.165, 1.54) is 0 Å². The Labute approximate surface area is 153 Å². The van der Waals surface area contributed by atoms with Crippen LogP contribution in [0.25, 0.3) is 0 Å². The van der Waals surface area contributed by atoms with Crippen molar-refractivity contribution in [2.75, 3.05) is 6.54 Å². The molecule has 7 heteroatoms. The Morgan fingerprint density at radius 1 is 1.35 bits per heavy atom. The Hall–Kier alpha value is -2.57. The Kier molecular flexibility index (Phi) is 7.00. The Morgan fingerprint density at radius 2 is 2.12 bits per heavy atom. The number of piperidine rings is 1. The molecular formula is C19H25N3O4. The lowest BCUT2D eigenvalue weighted by Crippen LogP contribution is -2.44. The van der Waals surface area contributed by atoms with Crippen LogP contribution in [-0.2, 0) is 25.7 Å². The molecule has 0 aromatic carbocycles. The number of hydrogen-bond donors (Lipinski definition) is 2. The van der Waals surface area contributed by atoms with Gasteiger partial charge in [0.25, 0.3) is 5.91 Å². The molecule has 0 saturated carbocycles. The molecule has 0 radical (unpaired) electrons. The first-order chi connectivity index (χ1) is 12.4. The number of aromatic nitrogens is 1. The molecule has 2 heterocycles. The van der Waals surface area contributed by atoms with Crippen LogP contribution in [0.15, 0.2) is 24.5 Å². The maximum absolute atomic E-state index is 12.6. The number of ketones is 2. The van der Waals surface area contributed by atoms with E-state index >= 15 is 0 Å². The smallest absolute Gasteiger partial charge is 0.287 e. The fourth-order valence-electron chi connectivity index (χ4n) is 3.05. The summed E-state index contributed by atoms with van der Waals surface area (Å²) in [7, 11) is 0. The molecule has 1 fully saturated rings. The number of hydrogen-bond acceptors (Lipinski definition) is 5. The number of carbonyl (C=O) groups is 4. The first kappa shape index (κ1) is 19.8. The van der Waals surface area contributed by atoms with E-state index in [-0.39, 0.29) is 30.4 Å². The van der Waals surface area contributed by atoms with Gasteiger partial charge in [0.15, 0.2) is 0 Å². The van der Waals surface area contributed by atoms with Crippen LogP contribution in [0.5, 0.6) is 0 Å². The summed E-state index contributed by atoms with van der Waals surface area (Å²) in [6.45, 7) is 4.52. The molecule has 1 aromatic heterocycles. The van der Waals surface area contributed by atoms with E-state index in [0.717, 1.165) is 5.56 Å². The molecular weight excluding hydrogens is 334 g/mol. The molecule has 2 atom stereocenters. The van der Waals surface area contributed by atoms with Crippen molar-refractivity contribution >= 4 is 23.4 Å². The fourth-order valence-corrected chi connectivity index (χ4v) is 3.05. The third-order valence-electron chi connectivity index (χ3n) is 4.66. The van der Waals surface area contributed by atoms with E-state index in [0.29, 0.717) is 19.5 Å². The zero-order chi connectivity index (χ0) is 19.1.